The number of hydrogen-bond acceptors (Lipinski definition) is 3. The van der Waals surface area contributed by atoms with Gasteiger partial charge in [-0.1, -0.05) is 18.2 Å². The fraction of sp³-hybridized carbons (Fsp3) is 0.533. The molecule has 0 spiro atoms. The van der Waals surface area contributed by atoms with Gasteiger partial charge in [-0.3, -0.25) is 4.79 Å². The van der Waals surface area contributed by atoms with Crippen molar-refractivity contribution in [1.29, 1.82) is 0 Å². The number of carbonyl (C=O) groups is 1. The highest BCUT2D eigenvalue weighted by molar-refractivity contribution is 5.73. The Morgan fingerprint density at radius 1 is 1.42 bits per heavy atom. The maximum Gasteiger partial charge on any atom is 0.219 e. The van der Waals surface area contributed by atoms with Crippen molar-refractivity contribution in [2.24, 2.45) is 0 Å². The summed E-state index contributed by atoms with van der Waals surface area (Å²) in [5, 5.41) is 13.3. The molecule has 1 amide bonds. The molecule has 19 heavy (non-hydrogen) atoms. The average Bonchev–Trinajstić information content (AvgIpc) is 2.30. The van der Waals surface area contributed by atoms with Crippen LogP contribution in [0.2, 0.25) is 0 Å². The number of anilines is 1. The standard InChI is InChI=1S/C15H24N2O2/c1-11(15(3,4)19)16-14-9-7-6-8-13(14)10-17(5)12(2)18/h6-9,11,16,19H,10H2,1-5H3. The van der Waals surface area contributed by atoms with E-state index in [0.29, 0.717) is 6.54 Å². The van der Waals surface area contributed by atoms with Crippen molar-refractivity contribution in [1.82, 2.24) is 4.90 Å². The van der Waals surface area contributed by atoms with Crippen LogP contribution in [-0.2, 0) is 11.3 Å². The molecule has 0 saturated heterocycles. The first-order chi connectivity index (χ1) is 8.71. The van der Waals surface area contributed by atoms with Crippen LogP contribution in [0.5, 0.6) is 0 Å². The van der Waals surface area contributed by atoms with E-state index >= 15 is 0 Å². The van der Waals surface area contributed by atoms with Gasteiger partial charge in [-0.15, -0.1) is 0 Å². The van der Waals surface area contributed by atoms with Crippen LogP contribution >= 0.6 is 0 Å². The van der Waals surface area contributed by atoms with E-state index in [2.05, 4.69) is 5.32 Å². The molecule has 1 aromatic rings. The predicted octanol–water partition coefficient (Wildman–Crippen LogP) is 2.24. The van der Waals surface area contributed by atoms with Gasteiger partial charge in [0, 0.05) is 26.2 Å². The zero-order chi connectivity index (χ0) is 14.6. The van der Waals surface area contributed by atoms with Gasteiger partial charge in [0.1, 0.15) is 0 Å². The minimum Gasteiger partial charge on any atom is -0.388 e. The smallest absolute Gasteiger partial charge is 0.219 e. The highest BCUT2D eigenvalue weighted by Gasteiger charge is 2.22. The summed E-state index contributed by atoms with van der Waals surface area (Å²) in [6, 6.07) is 7.75. The van der Waals surface area contributed by atoms with E-state index in [4.69, 9.17) is 0 Å². The fourth-order valence-corrected chi connectivity index (χ4v) is 1.58. The Kier molecular flexibility index (Phi) is 4.95. The lowest BCUT2D eigenvalue weighted by atomic mass is 10.00. The summed E-state index contributed by atoms with van der Waals surface area (Å²) >= 11 is 0. The Bertz CT molecular complexity index is 438. The van der Waals surface area contributed by atoms with Gasteiger partial charge in [0.25, 0.3) is 0 Å². The maximum atomic E-state index is 11.3. The van der Waals surface area contributed by atoms with E-state index in [1.807, 2.05) is 31.2 Å². The molecule has 0 aliphatic rings. The number of aliphatic hydroxyl groups is 1. The normalized spacial score (nSPS) is 12.9. The second-order valence-corrected chi connectivity index (χ2v) is 5.55. The van der Waals surface area contributed by atoms with Gasteiger partial charge >= 0.3 is 0 Å². The molecule has 1 aromatic carbocycles. The van der Waals surface area contributed by atoms with Gasteiger partial charge in [0.15, 0.2) is 0 Å². The third kappa shape index (κ3) is 4.56. The first kappa shape index (κ1) is 15.5. The molecule has 4 heteroatoms. The minimum atomic E-state index is -0.806. The quantitative estimate of drug-likeness (QED) is 0.857. The molecule has 2 N–H and O–H groups in total. The largest absolute Gasteiger partial charge is 0.388 e. The van der Waals surface area contributed by atoms with Gasteiger partial charge in [-0.2, -0.15) is 0 Å². The number of benzene rings is 1. The average molecular weight is 264 g/mol. The van der Waals surface area contributed by atoms with Crippen LogP contribution in [0.3, 0.4) is 0 Å². The predicted molar refractivity (Wildman–Crippen MR) is 78.0 cm³/mol. The number of amides is 1. The summed E-state index contributed by atoms with van der Waals surface area (Å²) < 4.78 is 0. The molecule has 0 aliphatic carbocycles. The van der Waals surface area contributed by atoms with Crippen LogP contribution in [0.4, 0.5) is 5.69 Å². The summed E-state index contributed by atoms with van der Waals surface area (Å²) in [5.41, 5.74) is 1.18. The van der Waals surface area contributed by atoms with Crippen LogP contribution in [0, 0.1) is 0 Å². The molecule has 106 valence electrons. The number of para-hydroxylation sites is 1. The third-order valence-electron chi connectivity index (χ3n) is 3.39. The van der Waals surface area contributed by atoms with Crippen molar-refractivity contribution in [3.8, 4) is 0 Å². The summed E-state index contributed by atoms with van der Waals surface area (Å²) in [4.78, 5) is 13.0. The Balaban J connectivity index is 2.87. The third-order valence-corrected chi connectivity index (χ3v) is 3.39. The fourth-order valence-electron chi connectivity index (χ4n) is 1.58. The van der Waals surface area contributed by atoms with Crippen molar-refractivity contribution in [3.63, 3.8) is 0 Å². The Hall–Kier alpha value is -1.55. The lowest BCUT2D eigenvalue weighted by Crippen LogP contribution is -2.39. The molecule has 1 unspecified atom stereocenters. The van der Waals surface area contributed by atoms with Crippen LogP contribution in [0.25, 0.3) is 0 Å². The molecular formula is C15H24N2O2. The summed E-state index contributed by atoms with van der Waals surface area (Å²) in [6.07, 6.45) is 0. The number of hydrogen-bond donors (Lipinski definition) is 2. The summed E-state index contributed by atoms with van der Waals surface area (Å²) in [5.74, 6) is 0.0327. The van der Waals surface area contributed by atoms with Crippen LogP contribution in [-0.4, -0.2) is 34.6 Å². The molecule has 0 saturated carbocycles. The Labute approximate surface area is 115 Å². The molecule has 0 aliphatic heterocycles. The number of rotatable bonds is 5. The molecule has 4 nitrogen and oxygen atoms in total. The Morgan fingerprint density at radius 3 is 2.53 bits per heavy atom. The van der Waals surface area contributed by atoms with E-state index in [0.717, 1.165) is 11.3 Å². The van der Waals surface area contributed by atoms with Gasteiger partial charge in [0.2, 0.25) is 5.91 Å². The molecular weight excluding hydrogens is 240 g/mol. The summed E-state index contributed by atoms with van der Waals surface area (Å²) in [6.45, 7) is 7.59. The molecule has 1 rings (SSSR count). The molecule has 0 heterocycles. The topological polar surface area (TPSA) is 52.6 Å². The lowest BCUT2D eigenvalue weighted by Gasteiger charge is -2.29. The molecule has 0 radical (unpaired) electrons. The van der Waals surface area contributed by atoms with Gasteiger partial charge in [-0.25, -0.2) is 0 Å². The first-order valence-electron chi connectivity index (χ1n) is 6.50. The van der Waals surface area contributed by atoms with Crippen molar-refractivity contribution in [2.75, 3.05) is 12.4 Å². The second-order valence-electron chi connectivity index (χ2n) is 5.55. The van der Waals surface area contributed by atoms with Gasteiger partial charge in [-0.05, 0) is 32.4 Å². The summed E-state index contributed by atoms with van der Waals surface area (Å²) in [7, 11) is 1.78. The zero-order valence-corrected chi connectivity index (χ0v) is 12.4. The first-order valence-corrected chi connectivity index (χ1v) is 6.50. The van der Waals surface area contributed by atoms with Crippen molar-refractivity contribution >= 4 is 11.6 Å². The maximum absolute atomic E-state index is 11.3. The van der Waals surface area contributed by atoms with Gasteiger partial charge < -0.3 is 15.3 Å². The number of carbonyl (C=O) groups excluding carboxylic acids is 1. The van der Waals surface area contributed by atoms with Crippen LogP contribution in [0.15, 0.2) is 24.3 Å². The minimum absolute atomic E-state index is 0.0327. The van der Waals surface area contributed by atoms with Crippen LogP contribution in [0.1, 0.15) is 33.3 Å². The Morgan fingerprint density at radius 2 is 2.00 bits per heavy atom. The molecule has 0 aromatic heterocycles. The highest BCUT2D eigenvalue weighted by Crippen LogP contribution is 2.21. The van der Waals surface area contributed by atoms with E-state index in [1.165, 1.54) is 0 Å². The highest BCUT2D eigenvalue weighted by atomic mass is 16.3. The molecule has 1 atom stereocenters. The van der Waals surface area contributed by atoms with E-state index in [9.17, 15) is 9.90 Å². The van der Waals surface area contributed by atoms with E-state index in [-0.39, 0.29) is 11.9 Å². The number of nitrogens with zero attached hydrogens (tertiary/aromatic N) is 1. The van der Waals surface area contributed by atoms with Gasteiger partial charge in [0.05, 0.1) is 11.6 Å². The van der Waals surface area contributed by atoms with E-state index in [1.54, 1.807) is 32.7 Å². The van der Waals surface area contributed by atoms with Crippen LogP contribution < -0.4 is 5.32 Å². The molecule has 0 fully saturated rings. The number of nitrogens with one attached hydrogen (secondary N) is 1. The monoisotopic (exact) mass is 264 g/mol. The van der Waals surface area contributed by atoms with E-state index < -0.39 is 5.60 Å². The van der Waals surface area contributed by atoms with Crippen molar-refractivity contribution < 1.29 is 9.90 Å². The van der Waals surface area contributed by atoms with Crippen molar-refractivity contribution in [3.05, 3.63) is 29.8 Å². The second kappa shape index (κ2) is 6.06. The SMILES string of the molecule is CC(=O)N(C)Cc1ccccc1NC(C)C(C)(C)O. The van der Waals surface area contributed by atoms with Crippen molar-refractivity contribution in [2.45, 2.75) is 45.9 Å². The zero-order valence-electron chi connectivity index (χ0n) is 12.4. The lowest BCUT2D eigenvalue weighted by molar-refractivity contribution is -0.128. The molecule has 0 bridgehead atoms.